The van der Waals surface area contributed by atoms with Crippen LogP contribution in [0.25, 0.3) is 0 Å². The Labute approximate surface area is 93.0 Å². The fourth-order valence-corrected chi connectivity index (χ4v) is 1.96. The second-order valence-electron chi connectivity index (χ2n) is 3.92. The average Bonchev–Trinajstić information content (AvgIpc) is 2.01. The van der Waals surface area contributed by atoms with Gasteiger partial charge in [0.25, 0.3) is 0 Å². The highest BCUT2D eigenvalue weighted by molar-refractivity contribution is 9.10. The van der Waals surface area contributed by atoms with Crippen LogP contribution in [0, 0.1) is 0 Å². The highest BCUT2D eigenvalue weighted by Gasteiger charge is 2.17. The minimum atomic E-state index is -0.714. The van der Waals surface area contributed by atoms with Crippen molar-refractivity contribution in [3.8, 4) is 5.75 Å². The Morgan fingerprint density at radius 3 is 2.57 bits per heavy atom. The minimum absolute atomic E-state index is 0.579. The number of hydrogen-bond donors (Lipinski definition) is 1. The maximum Gasteiger partial charge on any atom is 0.136 e. The Balaban J connectivity index is 3.02. The fourth-order valence-electron chi connectivity index (χ4n) is 1.39. The molecule has 0 radical (unpaired) electrons. The predicted molar refractivity (Wildman–Crippen MR) is 60.7 cm³/mol. The fraction of sp³-hybridized carbons (Fsp3) is 0.455. The van der Waals surface area contributed by atoms with E-state index in [-0.39, 0.29) is 0 Å². The zero-order valence-corrected chi connectivity index (χ0v) is 10.3. The molecule has 1 rings (SSSR count). The standard InChI is InChI=1S/C11H15BrO2/c1-11(2,13)7-8-5-4-6-9(12)10(8)14-3/h4-6,13H,7H2,1-3H3. The molecule has 1 aromatic carbocycles. The van der Waals surface area contributed by atoms with Crippen LogP contribution in [-0.4, -0.2) is 17.8 Å². The number of ether oxygens (including phenoxy) is 1. The van der Waals surface area contributed by atoms with Gasteiger partial charge < -0.3 is 9.84 Å². The lowest BCUT2D eigenvalue weighted by Gasteiger charge is -2.19. The molecule has 0 saturated carbocycles. The Kier molecular flexibility index (Phi) is 3.56. The summed E-state index contributed by atoms with van der Waals surface area (Å²) in [4.78, 5) is 0. The summed E-state index contributed by atoms with van der Waals surface area (Å²) in [6, 6.07) is 5.82. The van der Waals surface area contributed by atoms with Crippen molar-refractivity contribution in [2.24, 2.45) is 0 Å². The van der Waals surface area contributed by atoms with Crippen LogP contribution in [0.1, 0.15) is 19.4 Å². The van der Waals surface area contributed by atoms with Gasteiger partial charge in [0, 0.05) is 6.42 Å². The molecule has 3 heteroatoms. The molecule has 78 valence electrons. The highest BCUT2D eigenvalue weighted by atomic mass is 79.9. The lowest BCUT2D eigenvalue weighted by Crippen LogP contribution is -2.22. The molecule has 0 unspecified atom stereocenters. The van der Waals surface area contributed by atoms with E-state index in [0.717, 1.165) is 15.8 Å². The molecule has 0 fully saturated rings. The van der Waals surface area contributed by atoms with Gasteiger partial charge in [-0.15, -0.1) is 0 Å². The number of benzene rings is 1. The van der Waals surface area contributed by atoms with Crippen LogP contribution in [-0.2, 0) is 6.42 Å². The van der Waals surface area contributed by atoms with Gasteiger partial charge in [-0.05, 0) is 41.4 Å². The Morgan fingerprint density at radius 2 is 2.07 bits per heavy atom. The number of hydrogen-bond acceptors (Lipinski definition) is 2. The van der Waals surface area contributed by atoms with E-state index in [1.807, 2.05) is 18.2 Å². The maximum atomic E-state index is 9.71. The summed E-state index contributed by atoms with van der Waals surface area (Å²) < 4.78 is 6.18. The van der Waals surface area contributed by atoms with Gasteiger partial charge in [0.1, 0.15) is 5.75 Å². The second kappa shape index (κ2) is 4.32. The smallest absolute Gasteiger partial charge is 0.136 e. The van der Waals surface area contributed by atoms with Crippen molar-refractivity contribution >= 4 is 15.9 Å². The van der Waals surface area contributed by atoms with Gasteiger partial charge in [0.2, 0.25) is 0 Å². The molecular formula is C11H15BrO2. The van der Waals surface area contributed by atoms with Crippen molar-refractivity contribution < 1.29 is 9.84 Å². The topological polar surface area (TPSA) is 29.5 Å². The molecule has 1 aromatic rings. The van der Waals surface area contributed by atoms with Crippen LogP contribution >= 0.6 is 15.9 Å². The summed E-state index contributed by atoms with van der Waals surface area (Å²) in [5.41, 5.74) is 0.294. The van der Waals surface area contributed by atoms with Crippen molar-refractivity contribution in [1.29, 1.82) is 0 Å². The largest absolute Gasteiger partial charge is 0.495 e. The van der Waals surface area contributed by atoms with Gasteiger partial charge in [-0.2, -0.15) is 0 Å². The lowest BCUT2D eigenvalue weighted by molar-refractivity contribution is 0.0802. The van der Waals surface area contributed by atoms with Gasteiger partial charge in [-0.3, -0.25) is 0 Å². The van der Waals surface area contributed by atoms with Gasteiger partial charge in [0.15, 0.2) is 0 Å². The Hall–Kier alpha value is -0.540. The highest BCUT2D eigenvalue weighted by Crippen LogP contribution is 2.30. The molecule has 0 aromatic heterocycles. The molecule has 0 aliphatic heterocycles. The number of rotatable bonds is 3. The third-order valence-electron chi connectivity index (χ3n) is 1.88. The predicted octanol–water partition coefficient (Wildman–Crippen LogP) is 2.77. The van der Waals surface area contributed by atoms with E-state index in [9.17, 15) is 5.11 Å². The van der Waals surface area contributed by atoms with E-state index in [2.05, 4.69) is 15.9 Å². The molecular weight excluding hydrogens is 244 g/mol. The summed E-state index contributed by atoms with van der Waals surface area (Å²) in [7, 11) is 1.63. The maximum absolute atomic E-state index is 9.71. The van der Waals surface area contributed by atoms with E-state index in [4.69, 9.17) is 4.74 Å². The van der Waals surface area contributed by atoms with Gasteiger partial charge in [-0.1, -0.05) is 12.1 Å². The van der Waals surface area contributed by atoms with E-state index < -0.39 is 5.60 Å². The third kappa shape index (κ3) is 3.00. The van der Waals surface area contributed by atoms with Crippen LogP contribution in [0.2, 0.25) is 0 Å². The first-order valence-corrected chi connectivity index (χ1v) is 5.27. The minimum Gasteiger partial charge on any atom is -0.495 e. The first kappa shape index (κ1) is 11.5. The van der Waals surface area contributed by atoms with E-state index in [0.29, 0.717) is 6.42 Å². The summed E-state index contributed by atoms with van der Waals surface area (Å²) in [6.07, 6.45) is 0.579. The molecule has 1 N–H and O–H groups in total. The van der Waals surface area contributed by atoms with Crippen molar-refractivity contribution in [2.45, 2.75) is 25.9 Å². The molecule has 0 saturated heterocycles. The van der Waals surface area contributed by atoms with Gasteiger partial charge in [0.05, 0.1) is 17.2 Å². The zero-order chi connectivity index (χ0) is 10.8. The van der Waals surface area contributed by atoms with E-state index in [1.54, 1.807) is 21.0 Å². The molecule has 0 atom stereocenters. The van der Waals surface area contributed by atoms with Gasteiger partial charge in [-0.25, -0.2) is 0 Å². The van der Waals surface area contributed by atoms with Crippen molar-refractivity contribution in [3.05, 3.63) is 28.2 Å². The SMILES string of the molecule is COc1c(Br)cccc1CC(C)(C)O. The molecule has 0 spiro atoms. The lowest BCUT2D eigenvalue weighted by atomic mass is 9.98. The summed E-state index contributed by atoms with van der Waals surface area (Å²) in [6.45, 7) is 3.57. The van der Waals surface area contributed by atoms with Crippen LogP contribution < -0.4 is 4.74 Å². The number of halogens is 1. The third-order valence-corrected chi connectivity index (χ3v) is 2.50. The number of aliphatic hydroxyl groups is 1. The van der Waals surface area contributed by atoms with Crippen molar-refractivity contribution in [3.63, 3.8) is 0 Å². The van der Waals surface area contributed by atoms with E-state index >= 15 is 0 Å². The van der Waals surface area contributed by atoms with Crippen LogP contribution in [0.4, 0.5) is 0 Å². The molecule has 14 heavy (non-hydrogen) atoms. The second-order valence-corrected chi connectivity index (χ2v) is 4.78. The van der Waals surface area contributed by atoms with E-state index in [1.165, 1.54) is 0 Å². The molecule has 0 bridgehead atoms. The van der Waals surface area contributed by atoms with Gasteiger partial charge >= 0.3 is 0 Å². The van der Waals surface area contributed by atoms with Crippen molar-refractivity contribution in [2.75, 3.05) is 7.11 Å². The molecule has 0 amide bonds. The average molecular weight is 259 g/mol. The molecule has 0 heterocycles. The summed E-state index contributed by atoms with van der Waals surface area (Å²) in [5.74, 6) is 0.801. The van der Waals surface area contributed by atoms with Crippen LogP contribution in [0.5, 0.6) is 5.75 Å². The molecule has 2 nitrogen and oxygen atoms in total. The Bertz CT molecular complexity index is 316. The number of para-hydroxylation sites is 1. The first-order chi connectivity index (χ1) is 6.44. The molecule has 0 aliphatic rings. The monoisotopic (exact) mass is 258 g/mol. The first-order valence-electron chi connectivity index (χ1n) is 4.48. The quantitative estimate of drug-likeness (QED) is 0.904. The normalized spacial score (nSPS) is 11.5. The molecule has 0 aliphatic carbocycles. The zero-order valence-electron chi connectivity index (χ0n) is 8.67. The van der Waals surface area contributed by atoms with Crippen LogP contribution in [0.15, 0.2) is 22.7 Å². The van der Waals surface area contributed by atoms with Crippen LogP contribution in [0.3, 0.4) is 0 Å². The summed E-state index contributed by atoms with van der Waals surface area (Å²) >= 11 is 3.41. The van der Waals surface area contributed by atoms with Crippen molar-refractivity contribution in [1.82, 2.24) is 0 Å². The summed E-state index contributed by atoms with van der Waals surface area (Å²) in [5, 5.41) is 9.71. The Morgan fingerprint density at radius 1 is 1.43 bits per heavy atom. The number of methoxy groups -OCH3 is 1.